The molecule has 2 rings (SSSR count). The Morgan fingerprint density at radius 3 is 2.61 bits per heavy atom. The van der Waals surface area contributed by atoms with Crippen molar-refractivity contribution in [3.05, 3.63) is 11.3 Å². The summed E-state index contributed by atoms with van der Waals surface area (Å²) in [5.74, 6) is 0. The van der Waals surface area contributed by atoms with Gasteiger partial charge < -0.3 is 5.32 Å². The van der Waals surface area contributed by atoms with Crippen molar-refractivity contribution in [2.75, 3.05) is 7.05 Å². The smallest absolute Gasteiger partial charge is 0.260 e. The molecule has 0 radical (unpaired) electrons. The lowest BCUT2D eigenvalue weighted by molar-refractivity contribution is 0.247. The van der Waals surface area contributed by atoms with Gasteiger partial charge in [-0.25, -0.2) is 13.1 Å². The van der Waals surface area contributed by atoms with Crippen LogP contribution in [0.2, 0.25) is 0 Å². The maximum absolute atomic E-state index is 12.3. The Hall–Kier alpha value is -0.920. The van der Waals surface area contributed by atoms with Crippen molar-refractivity contribution in [1.29, 1.82) is 0 Å². The number of nitrogens with zero attached hydrogens (tertiary/aromatic N) is 1. The Labute approximate surface area is 108 Å². The van der Waals surface area contributed by atoms with Crippen molar-refractivity contribution >= 4 is 10.0 Å². The molecule has 0 spiro atoms. The molecule has 0 saturated heterocycles. The average Bonchev–Trinajstić information content (AvgIpc) is 2.59. The van der Waals surface area contributed by atoms with Crippen LogP contribution in [0.5, 0.6) is 0 Å². The molecule has 0 bridgehead atoms. The predicted octanol–water partition coefficient (Wildman–Crippen LogP) is 0.658. The Morgan fingerprint density at radius 1 is 1.44 bits per heavy atom. The van der Waals surface area contributed by atoms with Crippen LogP contribution in [-0.2, 0) is 16.6 Å². The minimum atomic E-state index is -3.54. The first-order valence-electron chi connectivity index (χ1n) is 6.10. The van der Waals surface area contributed by atoms with E-state index in [4.69, 9.17) is 0 Å². The van der Waals surface area contributed by atoms with Gasteiger partial charge in [0.2, 0.25) is 0 Å². The molecule has 7 heteroatoms. The second-order valence-electron chi connectivity index (χ2n) is 5.18. The normalized spacial score (nSPS) is 18.6. The monoisotopic (exact) mass is 272 g/mol. The van der Waals surface area contributed by atoms with Crippen molar-refractivity contribution in [2.45, 2.75) is 50.2 Å². The fourth-order valence-electron chi connectivity index (χ4n) is 2.22. The van der Waals surface area contributed by atoms with E-state index in [1.54, 1.807) is 7.05 Å². The van der Waals surface area contributed by atoms with E-state index in [0.29, 0.717) is 12.1 Å². The summed E-state index contributed by atoms with van der Waals surface area (Å²) in [6.07, 6.45) is 2.84. The zero-order valence-electron chi connectivity index (χ0n) is 11.0. The van der Waals surface area contributed by atoms with E-state index < -0.39 is 10.0 Å². The number of nitrogens with one attached hydrogen (secondary N) is 3. The lowest BCUT2D eigenvalue weighted by Crippen LogP contribution is -2.51. The first-order valence-corrected chi connectivity index (χ1v) is 7.59. The maximum atomic E-state index is 12.3. The molecule has 1 heterocycles. The molecule has 18 heavy (non-hydrogen) atoms. The van der Waals surface area contributed by atoms with E-state index >= 15 is 0 Å². The predicted molar refractivity (Wildman–Crippen MR) is 68.7 cm³/mol. The lowest BCUT2D eigenvalue weighted by Gasteiger charge is -2.38. The highest BCUT2D eigenvalue weighted by molar-refractivity contribution is 7.89. The lowest BCUT2D eigenvalue weighted by atomic mass is 9.80. The zero-order chi connectivity index (χ0) is 13.4. The molecule has 102 valence electrons. The van der Waals surface area contributed by atoms with Crippen LogP contribution in [0, 0.1) is 6.92 Å². The summed E-state index contributed by atoms with van der Waals surface area (Å²) in [4.78, 5) is 0. The van der Waals surface area contributed by atoms with Gasteiger partial charge in [-0.15, -0.1) is 0 Å². The number of aromatic nitrogens is 2. The number of sulfonamides is 1. The molecule has 3 N–H and O–H groups in total. The van der Waals surface area contributed by atoms with Gasteiger partial charge in [0.15, 0.2) is 5.03 Å². The van der Waals surface area contributed by atoms with Crippen molar-refractivity contribution in [1.82, 2.24) is 20.2 Å². The summed E-state index contributed by atoms with van der Waals surface area (Å²) >= 11 is 0. The standard InChI is InChI=1S/C11H20N4O2S/c1-8-9(7-12-3)10(14-13-8)18(16,17)15-11(2)5-4-6-11/h12,15H,4-7H2,1-3H3,(H,13,14). The molecule has 1 saturated carbocycles. The third-order valence-electron chi connectivity index (χ3n) is 3.48. The molecule has 1 aliphatic carbocycles. The van der Waals surface area contributed by atoms with E-state index in [1.807, 2.05) is 13.8 Å². The molecule has 0 unspecified atom stereocenters. The van der Waals surface area contributed by atoms with Crippen LogP contribution in [0.25, 0.3) is 0 Å². The Bertz CT molecular complexity index is 531. The quantitative estimate of drug-likeness (QED) is 0.735. The minimum Gasteiger partial charge on any atom is -0.316 e. The Balaban J connectivity index is 2.29. The van der Waals surface area contributed by atoms with Crippen LogP contribution in [0.4, 0.5) is 0 Å². The number of aryl methyl sites for hydroxylation is 1. The molecular weight excluding hydrogens is 252 g/mol. The largest absolute Gasteiger partial charge is 0.316 e. The van der Waals surface area contributed by atoms with Gasteiger partial charge in [-0.05, 0) is 40.2 Å². The van der Waals surface area contributed by atoms with E-state index in [-0.39, 0.29) is 10.6 Å². The number of H-pyrrole nitrogens is 1. The molecule has 0 amide bonds. The van der Waals surface area contributed by atoms with Crippen LogP contribution in [0.3, 0.4) is 0 Å². The van der Waals surface area contributed by atoms with E-state index in [0.717, 1.165) is 25.0 Å². The van der Waals surface area contributed by atoms with Crippen LogP contribution < -0.4 is 10.0 Å². The van der Waals surface area contributed by atoms with Crippen LogP contribution >= 0.6 is 0 Å². The molecule has 1 aliphatic rings. The number of aromatic amines is 1. The summed E-state index contributed by atoms with van der Waals surface area (Å²) in [5, 5.41) is 9.75. The van der Waals surface area contributed by atoms with Gasteiger partial charge in [0, 0.05) is 23.3 Å². The third-order valence-corrected chi connectivity index (χ3v) is 5.09. The highest BCUT2D eigenvalue weighted by atomic mass is 32.2. The minimum absolute atomic E-state index is 0.113. The van der Waals surface area contributed by atoms with Gasteiger partial charge in [-0.3, -0.25) is 5.10 Å². The van der Waals surface area contributed by atoms with E-state index in [1.165, 1.54) is 0 Å². The van der Waals surface area contributed by atoms with Crippen LogP contribution in [0.1, 0.15) is 37.4 Å². The molecule has 1 aromatic rings. The van der Waals surface area contributed by atoms with Crippen molar-refractivity contribution in [3.8, 4) is 0 Å². The van der Waals surface area contributed by atoms with Gasteiger partial charge >= 0.3 is 0 Å². The van der Waals surface area contributed by atoms with Gasteiger partial charge in [0.25, 0.3) is 10.0 Å². The summed E-state index contributed by atoms with van der Waals surface area (Å²) in [6.45, 7) is 4.24. The molecular formula is C11H20N4O2S. The first kappa shape index (κ1) is 13.5. The summed E-state index contributed by atoms with van der Waals surface area (Å²) in [5.41, 5.74) is 1.18. The number of hydrogen-bond acceptors (Lipinski definition) is 4. The van der Waals surface area contributed by atoms with Gasteiger partial charge in [-0.1, -0.05) is 0 Å². The van der Waals surface area contributed by atoms with Gasteiger partial charge in [-0.2, -0.15) is 5.10 Å². The third kappa shape index (κ3) is 2.43. The fourth-order valence-corrected chi connectivity index (χ4v) is 3.88. The summed E-state index contributed by atoms with van der Waals surface area (Å²) in [7, 11) is -1.76. The molecule has 0 aliphatic heterocycles. The van der Waals surface area contributed by atoms with Gasteiger partial charge in [0.1, 0.15) is 0 Å². The van der Waals surface area contributed by atoms with Crippen LogP contribution in [-0.4, -0.2) is 31.2 Å². The Morgan fingerprint density at radius 2 is 2.11 bits per heavy atom. The number of hydrogen-bond donors (Lipinski definition) is 3. The van der Waals surface area contributed by atoms with Gasteiger partial charge in [0.05, 0.1) is 0 Å². The second-order valence-corrected chi connectivity index (χ2v) is 6.78. The fraction of sp³-hybridized carbons (Fsp3) is 0.727. The first-order chi connectivity index (χ1) is 8.38. The summed E-state index contributed by atoms with van der Waals surface area (Å²) in [6, 6.07) is 0. The van der Waals surface area contributed by atoms with E-state index in [9.17, 15) is 8.42 Å². The zero-order valence-corrected chi connectivity index (χ0v) is 11.8. The average molecular weight is 272 g/mol. The van der Waals surface area contributed by atoms with Crippen molar-refractivity contribution < 1.29 is 8.42 Å². The second kappa shape index (κ2) is 4.64. The summed E-state index contributed by atoms with van der Waals surface area (Å²) < 4.78 is 27.4. The molecule has 0 aromatic carbocycles. The SMILES string of the molecule is CNCc1c(S(=O)(=O)NC2(C)CCC2)n[nH]c1C. The molecule has 6 nitrogen and oxygen atoms in total. The molecule has 0 atom stereocenters. The number of rotatable bonds is 5. The van der Waals surface area contributed by atoms with Crippen molar-refractivity contribution in [3.63, 3.8) is 0 Å². The molecule has 1 fully saturated rings. The highest BCUT2D eigenvalue weighted by Crippen LogP contribution is 2.32. The van der Waals surface area contributed by atoms with E-state index in [2.05, 4.69) is 20.2 Å². The Kier molecular flexibility index (Phi) is 3.48. The molecule has 1 aromatic heterocycles. The van der Waals surface area contributed by atoms with Crippen molar-refractivity contribution in [2.24, 2.45) is 0 Å². The highest BCUT2D eigenvalue weighted by Gasteiger charge is 2.37. The maximum Gasteiger partial charge on any atom is 0.260 e. The topological polar surface area (TPSA) is 86.9 Å². The van der Waals surface area contributed by atoms with Crippen LogP contribution in [0.15, 0.2) is 5.03 Å².